The van der Waals surface area contributed by atoms with Gasteiger partial charge in [-0.1, -0.05) is 62.2 Å². The van der Waals surface area contributed by atoms with Crippen LogP contribution in [0.1, 0.15) is 88.5 Å². The summed E-state index contributed by atoms with van der Waals surface area (Å²) in [7, 11) is 0. The molecule has 1 heterocycles. The molecular weight excluding hydrogens is 504 g/mol. The Kier molecular flexibility index (Phi) is 11.2. The van der Waals surface area contributed by atoms with Gasteiger partial charge in [0.2, 0.25) is 5.91 Å². The molecule has 2 aromatic carbocycles. The summed E-state index contributed by atoms with van der Waals surface area (Å²) < 4.78 is 11.6. The first-order valence-electron chi connectivity index (χ1n) is 14.6. The number of ketones is 1. The summed E-state index contributed by atoms with van der Waals surface area (Å²) in [5, 5.41) is 2.98. The second kappa shape index (κ2) is 14.3. The lowest BCUT2D eigenvalue weighted by atomic mass is 9.97. The van der Waals surface area contributed by atoms with E-state index in [1.165, 1.54) is 4.90 Å². The normalized spacial score (nSPS) is 15.9. The molecule has 1 aliphatic heterocycles. The van der Waals surface area contributed by atoms with Gasteiger partial charge in [0.15, 0.2) is 5.78 Å². The van der Waals surface area contributed by atoms with Crippen LogP contribution in [0.5, 0.6) is 5.75 Å². The standard InChI is InChI=1S/C33H46N2O5/c1-7-8-15-27(34-31(37)28-16-12-19-35(28)32(38)40-33(4,5)6)29(36)18-17-26-20-23(2)30(24(3)21-26)39-22-25-13-10-9-11-14-25/h9-11,13-14,20-21,27-28H,7-8,12,15-19,22H2,1-6H3,(H,34,37)/t27-,28-/m0/s1. The first kappa shape index (κ1) is 31.2. The maximum absolute atomic E-state index is 13.3. The summed E-state index contributed by atoms with van der Waals surface area (Å²) in [4.78, 5) is 40.7. The fraction of sp³-hybridized carbons (Fsp3) is 0.545. The first-order chi connectivity index (χ1) is 19.0. The third-order valence-corrected chi connectivity index (χ3v) is 7.14. The molecule has 0 radical (unpaired) electrons. The molecule has 7 nitrogen and oxygen atoms in total. The van der Waals surface area contributed by atoms with Gasteiger partial charge in [-0.3, -0.25) is 14.5 Å². The Morgan fingerprint density at radius 3 is 2.35 bits per heavy atom. The molecule has 2 aromatic rings. The van der Waals surface area contributed by atoms with Gasteiger partial charge in [-0.15, -0.1) is 0 Å². The van der Waals surface area contributed by atoms with Crippen molar-refractivity contribution in [3.05, 3.63) is 64.7 Å². The van der Waals surface area contributed by atoms with Crippen LogP contribution in [-0.4, -0.2) is 46.9 Å². The number of benzene rings is 2. The highest BCUT2D eigenvalue weighted by molar-refractivity contribution is 5.92. The van der Waals surface area contributed by atoms with Crippen LogP contribution in [-0.2, 0) is 27.4 Å². The minimum absolute atomic E-state index is 0.0170. The number of likely N-dealkylation sites (tertiary alicyclic amines) is 1. The van der Waals surface area contributed by atoms with Crippen molar-refractivity contribution in [2.75, 3.05) is 6.54 Å². The largest absolute Gasteiger partial charge is 0.488 e. The number of carbonyl (C=O) groups excluding carboxylic acids is 3. The van der Waals surface area contributed by atoms with Gasteiger partial charge in [-0.25, -0.2) is 4.79 Å². The SMILES string of the molecule is CCCC[C@H](NC(=O)[C@@H]1CCCN1C(=O)OC(C)(C)C)C(=O)CCc1cc(C)c(OCc2ccccc2)c(C)c1. The number of carbonyl (C=O) groups is 3. The lowest BCUT2D eigenvalue weighted by Gasteiger charge is -2.29. The molecule has 218 valence electrons. The second-order valence-electron chi connectivity index (χ2n) is 11.8. The number of rotatable bonds is 12. The van der Waals surface area contributed by atoms with E-state index in [0.29, 0.717) is 38.8 Å². The number of aryl methyl sites for hydroxylation is 3. The molecule has 1 saturated heterocycles. The molecule has 1 N–H and O–H groups in total. The van der Waals surface area contributed by atoms with E-state index in [1.807, 2.05) is 65.0 Å². The number of nitrogens with one attached hydrogen (secondary N) is 1. The van der Waals surface area contributed by atoms with Crippen LogP contribution in [0.3, 0.4) is 0 Å². The van der Waals surface area contributed by atoms with Gasteiger partial charge in [0.05, 0.1) is 6.04 Å². The van der Waals surface area contributed by atoms with Crippen LogP contribution in [0, 0.1) is 13.8 Å². The molecule has 40 heavy (non-hydrogen) atoms. The fourth-order valence-electron chi connectivity index (χ4n) is 5.15. The average molecular weight is 551 g/mol. The molecule has 0 aliphatic carbocycles. The number of hydrogen-bond donors (Lipinski definition) is 1. The van der Waals surface area contributed by atoms with Crippen LogP contribution < -0.4 is 10.1 Å². The van der Waals surface area contributed by atoms with Crippen LogP contribution in [0.15, 0.2) is 42.5 Å². The molecule has 0 aromatic heterocycles. The van der Waals surface area contributed by atoms with Crippen LogP contribution in [0.25, 0.3) is 0 Å². The summed E-state index contributed by atoms with van der Waals surface area (Å²) in [6.45, 7) is 12.5. The zero-order chi connectivity index (χ0) is 29.3. The molecule has 0 saturated carbocycles. The van der Waals surface area contributed by atoms with Crippen molar-refractivity contribution in [2.45, 2.75) is 111 Å². The predicted molar refractivity (Wildman–Crippen MR) is 157 cm³/mol. The monoisotopic (exact) mass is 550 g/mol. The van der Waals surface area contributed by atoms with E-state index in [2.05, 4.69) is 24.4 Å². The van der Waals surface area contributed by atoms with Crippen LogP contribution >= 0.6 is 0 Å². The summed E-state index contributed by atoms with van der Waals surface area (Å²) in [6, 6.07) is 13.1. The summed E-state index contributed by atoms with van der Waals surface area (Å²) in [5.74, 6) is 0.617. The van der Waals surface area contributed by atoms with Gasteiger partial charge in [0, 0.05) is 13.0 Å². The summed E-state index contributed by atoms with van der Waals surface area (Å²) >= 11 is 0. The van der Waals surface area contributed by atoms with E-state index in [-0.39, 0.29) is 11.7 Å². The fourth-order valence-corrected chi connectivity index (χ4v) is 5.15. The number of nitrogens with zero attached hydrogens (tertiary/aromatic N) is 1. The van der Waals surface area contributed by atoms with Gasteiger partial charge >= 0.3 is 6.09 Å². The lowest BCUT2D eigenvalue weighted by Crippen LogP contribution is -2.51. The van der Waals surface area contributed by atoms with Crippen LogP contribution in [0.4, 0.5) is 4.79 Å². The Hall–Kier alpha value is -3.35. The zero-order valence-electron chi connectivity index (χ0n) is 25.0. The van der Waals surface area contributed by atoms with Gasteiger partial charge in [0.25, 0.3) is 0 Å². The number of hydrogen-bond acceptors (Lipinski definition) is 5. The lowest BCUT2D eigenvalue weighted by molar-refractivity contribution is -0.130. The summed E-state index contributed by atoms with van der Waals surface area (Å²) in [6.07, 6.45) is 4.09. The number of Topliss-reactive ketones (excluding diaryl/α,β-unsaturated/α-hetero) is 1. The van der Waals surface area contributed by atoms with Crippen molar-refractivity contribution in [3.63, 3.8) is 0 Å². The van der Waals surface area contributed by atoms with Crippen molar-refractivity contribution in [1.82, 2.24) is 10.2 Å². The quantitative estimate of drug-likeness (QED) is 0.328. The topological polar surface area (TPSA) is 84.9 Å². The highest BCUT2D eigenvalue weighted by atomic mass is 16.6. The minimum atomic E-state index is -0.636. The Labute approximate surface area is 239 Å². The number of unbranched alkanes of at least 4 members (excludes halogenated alkanes) is 1. The Morgan fingerprint density at radius 2 is 1.73 bits per heavy atom. The Bertz CT molecular complexity index is 1130. The number of amides is 2. The molecule has 0 unspecified atom stereocenters. The Morgan fingerprint density at radius 1 is 1.05 bits per heavy atom. The molecule has 0 bridgehead atoms. The van der Waals surface area contributed by atoms with Gasteiger partial charge in [-0.2, -0.15) is 0 Å². The Balaban J connectivity index is 1.61. The van der Waals surface area contributed by atoms with Crippen molar-refractivity contribution < 1.29 is 23.9 Å². The van der Waals surface area contributed by atoms with Crippen molar-refractivity contribution >= 4 is 17.8 Å². The third-order valence-electron chi connectivity index (χ3n) is 7.14. The van der Waals surface area contributed by atoms with E-state index < -0.39 is 23.8 Å². The first-order valence-corrected chi connectivity index (χ1v) is 14.6. The maximum atomic E-state index is 13.3. The number of ether oxygens (including phenoxy) is 2. The van der Waals surface area contributed by atoms with Crippen molar-refractivity contribution in [1.29, 1.82) is 0 Å². The van der Waals surface area contributed by atoms with Crippen molar-refractivity contribution in [3.8, 4) is 5.75 Å². The molecule has 2 amide bonds. The van der Waals surface area contributed by atoms with E-state index in [1.54, 1.807) is 0 Å². The van der Waals surface area contributed by atoms with Crippen LogP contribution in [0.2, 0.25) is 0 Å². The predicted octanol–water partition coefficient (Wildman–Crippen LogP) is 6.46. The smallest absolute Gasteiger partial charge is 0.410 e. The van der Waals surface area contributed by atoms with E-state index in [4.69, 9.17) is 9.47 Å². The average Bonchev–Trinajstić information content (AvgIpc) is 3.39. The van der Waals surface area contributed by atoms with Crippen molar-refractivity contribution in [2.24, 2.45) is 0 Å². The maximum Gasteiger partial charge on any atom is 0.410 e. The zero-order valence-corrected chi connectivity index (χ0v) is 25.0. The van der Waals surface area contributed by atoms with E-state index in [0.717, 1.165) is 47.3 Å². The summed E-state index contributed by atoms with van der Waals surface area (Å²) in [5.41, 5.74) is 3.63. The minimum Gasteiger partial charge on any atom is -0.488 e. The molecule has 7 heteroatoms. The van der Waals surface area contributed by atoms with Gasteiger partial charge < -0.3 is 14.8 Å². The molecule has 1 aliphatic rings. The van der Waals surface area contributed by atoms with Gasteiger partial charge in [-0.05, 0) is 82.6 Å². The third kappa shape index (κ3) is 9.10. The molecular formula is C33H46N2O5. The molecule has 0 spiro atoms. The van der Waals surface area contributed by atoms with E-state index in [9.17, 15) is 14.4 Å². The van der Waals surface area contributed by atoms with E-state index >= 15 is 0 Å². The highest BCUT2D eigenvalue weighted by Gasteiger charge is 2.37. The second-order valence-corrected chi connectivity index (χ2v) is 11.8. The molecule has 3 rings (SSSR count). The molecule has 1 fully saturated rings. The highest BCUT2D eigenvalue weighted by Crippen LogP contribution is 2.27. The van der Waals surface area contributed by atoms with Gasteiger partial charge in [0.1, 0.15) is 24.0 Å². The molecule has 2 atom stereocenters.